The maximum atomic E-state index is 12.6. The van der Waals surface area contributed by atoms with E-state index in [4.69, 9.17) is 4.84 Å². The first-order valence-corrected chi connectivity index (χ1v) is 8.39. The van der Waals surface area contributed by atoms with Crippen molar-refractivity contribution in [1.29, 1.82) is 0 Å². The van der Waals surface area contributed by atoms with Crippen LogP contribution < -0.4 is 5.32 Å². The summed E-state index contributed by atoms with van der Waals surface area (Å²) in [5, 5.41) is 6.94. The highest BCUT2D eigenvalue weighted by atomic mass is 16.6. The fourth-order valence-corrected chi connectivity index (χ4v) is 2.93. The molecule has 0 radical (unpaired) electrons. The first kappa shape index (κ1) is 16.0. The number of amides is 1. The van der Waals surface area contributed by atoms with E-state index in [9.17, 15) is 4.79 Å². The zero-order valence-electron chi connectivity index (χ0n) is 14.0. The van der Waals surface area contributed by atoms with Gasteiger partial charge in [0.15, 0.2) is 6.10 Å². The average molecular weight is 343 g/mol. The second kappa shape index (κ2) is 7.19. The van der Waals surface area contributed by atoms with Gasteiger partial charge in [-0.2, -0.15) is 0 Å². The average Bonchev–Trinajstić information content (AvgIpc) is 3.20. The van der Waals surface area contributed by atoms with Crippen molar-refractivity contribution in [1.82, 2.24) is 4.98 Å². The van der Waals surface area contributed by atoms with E-state index in [-0.39, 0.29) is 12.0 Å². The summed E-state index contributed by atoms with van der Waals surface area (Å²) >= 11 is 0. The van der Waals surface area contributed by atoms with Crippen molar-refractivity contribution in [2.45, 2.75) is 12.5 Å². The van der Waals surface area contributed by atoms with Crippen LogP contribution in [0.15, 0.2) is 84.3 Å². The van der Waals surface area contributed by atoms with Crippen LogP contribution in [0.2, 0.25) is 0 Å². The molecule has 0 unspecified atom stereocenters. The molecule has 1 aromatic heterocycles. The molecular formula is C21H17N3O2. The predicted octanol–water partition coefficient (Wildman–Crippen LogP) is 4.20. The highest BCUT2D eigenvalue weighted by Gasteiger charge is 2.27. The van der Waals surface area contributed by atoms with Gasteiger partial charge >= 0.3 is 0 Å². The number of nitrogens with one attached hydrogen (secondary N) is 1. The van der Waals surface area contributed by atoms with Gasteiger partial charge in [-0.05, 0) is 29.3 Å². The second-order valence-corrected chi connectivity index (χ2v) is 5.98. The van der Waals surface area contributed by atoms with Crippen LogP contribution in [-0.4, -0.2) is 16.6 Å². The zero-order valence-corrected chi connectivity index (χ0v) is 14.0. The van der Waals surface area contributed by atoms with Gasteiger partial charge < -0.3 is 10.2 Å². The van der Waals surface area contributed by atoms with Crippen LogP contribution in [0.4, 0.5) is 5.69 Å². The van der Waals surface area contributed by atoms with Crippen molar-refractivity contribution in [2.75, 3.05) is 5.32 Å². The van der Waals surface area contributed by atoms with Gasteiger partial charge in [-0.1, -0.05) is 53.7 Å². The summed E-state index contributed by atoms with van der Waals surface area (Å²) in [4.78, 5) is 22.1. The molecule has 0 aliphatic carbocycles. The largest absolute Gasteiger partial charge is 0.387 e. The van der Waals surface area contributed by atoms with Crippen LogP contribution in [0.5, 0.6) is 0 Å². The molecule has 1 aliphatic rings. The molecule has 5 heteroatoms. The van der Waals surface area contributed by atoms with Gasteiger partial charge in [0.2, 0.25) is 0 Å². The topological polar surface area (TPSA) is 63.6 Å². The lowest BCUT2D eigenvalue weighted by Crippen LogP contribution is -2.22. The molecular weight excluding hydrogens is 326 g/mol. The monoisotopic (exact) mass is 343 g/mol. The summed E-state index contributed by atoms with van der Waals surface area (Å²) in [6.07, 6.45) is 3.70. The molecule has 0 saturated heterocycles. The Morgan fingerprint density at radius 3 is 2.50 bits per heavy atom. The number of hydrogen-bond donors (Lipinski definition) is 1. The zero-order chi connectivity index (χ0) is 17.8. The van der Waals surface area contributed by atoms with Crippen LogP contribution >= 0.6 is 0 Å². The molecule has 3 aromatic rings. The van der Waals surface area contributed by atoms with E-state index >= 15 is 0 Å². The Kier molecular flexibility index (Phi) is 4.43. The number of carbonyl (C=O) groups excluding carboxylic acids is 1. The minimum absolute atomic E-state index is 0.215. The first-order chi connectivity index (χ1) is 12.8. The highest BCUT2D eigenvalue weighted by molar-refractivity contribution is 6.43. The van der Waals surface area contributed by atoms with Crippen molar-refractivity contribution < 1.29 is 9.63 Å². The standard InChI is InChI=1S/C21H17N3O2/c25-21(19-14-20(26-24-19)16-6-2-1-3-7-16)23-18-9-5-4-8-17(18)15-10-12-22-13-11-15/h1-13,20H,14H2,(H,23,25)/t20-/m0/s1. The molecule has 1 amide bonds. The molecule has 1 N–H and O–H groups in total. The van der Waals surface area contributed by atoms with Crippen LogP contribution in [0.25, 0.3) is 11.1 Å². The molecule has 2 heterocycles. The highest BCUT2D eigenvalue weighted by Crippen LogP contribution is 2.29. The van der Waals surface area contributed by atoms with Gasteiger partial charge in [-0.25, -0.2) is 0 Å². The normalized spacial score (nSPS) is 15.8. The lowest BCUT2D eigenvalue weighted by molar-refractivity contribution is -0.110. The van der Waals surface area contributed by atoms with Crippen LogP contribution in [0, 0.1) is 0 Å². The fourth-order valence-electron chi connectivity index (χ4n) is 2.93. The Morgan fingerprint density at radius 1 is 0.962 bits per heavy atom. The Bertz CT molecular complexity index is 940. The molecule has 128 valence electrons. The van der Waals surface area contributed by atoms with E-state index in [0.29, 0.717) is 12.1 Å². The molecule has 5 nitrogen and oxygen atoms in total. The van der Waals surface area contributed by atoms with Gasteiger partial charge in [0.25, 0.3) is 5.91 Å². The smallest absolute Gasteiger partial charge is 0.273 e. The molecule has 0 bridgehead atoms. The fraction of sp³-hybridized carbons (Fsp3) is 0.0952. The second-order valence-electron chi connectivity index (χ2n) is 5.98. The van der Waals surface area contributed by atoms with Gasteiger partial charge in [0.05, 0.1) is 0 Å². The van der Waals surface area contributed by atoms with Crippen LogP contribution in [-0.2, 0) is 9.63 Å². The Balaban J connectivity index is 1.50. The number of nitrogens with zero attached hydrogens (tertiary/aromatic N) is 2. The van der Waals surface area contributed by atoms with E-state index in [0.717, 1.165) is 22.4 Å². The molecule has 4 rings (SSSR count). The van der Waals surface area contributed by atoms with Crippen molar-refractivity contribution >= 4 is 17.3 Å². The summed E-state index contributed by atoms with van der Waals surface area (Å²) < 4.78 is 0. The Morgan fingerprint density at radius 2 is 1.69 bits per heavy atom. The third-order valence-electron chi connectivity index (χ3n) is 4.27. The number of pyridine rings is 1. The SMILES string of the molecule is O=C(Nc1ccccc1-c1ccncc1)C1=NO[C@H](c2ccccc2)C1. The van der Waals surface area contributed by atoms with Crippen molar-refractivity contribution in [3.63, 3.8) is 0 Å². The summed E-state index contributed by atoms with van der Waals surface area (Å²) in [5.41, 5.74) is 4.05. The van der Waals surface area contributed by atoms with E-state index in [1.807, 2.05) is 66.7 Å². The predicted molar refractivity (Wildman–Crippen MR) is 101 cm³/mol. The molecule has 0 saturated carbocycles. The van der Waals surface area contributed by atoms with Crippen molar-refractivity contribution in [3.8, 4) is 11.1 Å². The first-order valence-electron chi connectivity index (χ1n) is 8.39. The molecule has 26 heavy (non-hydrogen) atoms. The number of carbonyl (C=O) groups is 1. The number of hydrogen-bond acceptors (Lipinski definition) is 4. The quantitative estimate of drug-likeness (QED) is 0.772. The number of anilines is 1. The summed E-state index contributed by atoms with van der Waals surface area (Å²) in [6, 6.07) is 21.3. The molecule has 1 atom stereocenters. The summed E-state index contributed by atoms with van der Waals surface area (Å²) in [7, 11) is 0. The Labute approximate surface area is 151 Å². The van der Waals surface area contributed by atoms with Crippen molar-refractivity contribution in [2.24, 2.45) is 5.16 Å². The summed E-state index contributed by atoms with van der Waals surface area (Å²) in [6.45, 7) is 0. The third-order valence-corrected chi connectivity index (χ3v) is 4.27. The van der Waals surface area contributed by atoms with E-state index in [1.165, 1.54) is 0 Å². The number of aromatic nitrogens is 1. The summed E-state index contributed by atoms with van der Waals surface area (Å²) in [5.74, 6) is -0.245. The molecule has 0 fully saturated rings. The number of para-hydroxylation sites is 1. The Hall–Kier alpha value is -3.47. The lowest BCUT2D eigenvalue weighted by atomic mass is 10.0. The van der Waals surface area contributed by atoms with Gasteiger partial charge in [-0.15, -0.1) is 0 Å². The van der Waals surface area contributed by atoms with E-state index in [1.54, 1.807) is 12.4 Å². The lowest BCUT2D eigenvalue weighted by Gasteiger charge is -2.11. The maximum absolute atomic E-state index is 12.6. The molecule has 2 aromatic carbocycles. The van der Waals surface area contributed by atoms with E-state index < -0.39 is 0 Å². The van der Waals surface area contributed by atoms with Gasteiger partial charge in [0, 0.05) is 30.1 Å². The van der Waals surface area contributed by atoms with Gasteiger partial charge in [0.1, 0.15) is 5.71 Å². The maximum Gasteiger partial charge on any atom is 0.273 e. The van der Waals surface area contributed by atoms with Crippen LogP contribution in [0.1, 0.15) is 18.1 Å². The molecule has 0 spiro atoms. The number of oxime groups is 1. The number of benzene rings is 2. The van der Waals surface area contributed by atoms with Crippen molar-refractivity contribution in [3.05, 3.63) is 84.7 Å². The van der Waals surface area contributed by atoms with Gasteiger partial charge in [-0.3, -0.25) is 9.78 Å². The third kappa shape index (κ3) is 3.32. The minimum Gasteiger partial charge on any atom is -0.387 e. The minimum atomic E-state index is -0.245. The molecule has 1 aliphatic heterocycles. The van der Waals surface area contributed by atoms with E-state index in [2.05, 4.69) is 15.5 Å². The van der Waals surface area contributed by atoms with Crippen LogP contribution in [0.3, 0.4) is 0 Å². The number of rotatable bonds is 4.